The van der Waals surface area contributed by atoms with Crippen molar-refractivity contribution in [1.82, 2.24) is 5.32 Å². The van der Waals surface area contributed by atoms with Gasteiger partial charge >= 0.3 is 6.09 Å². The van der Waals surface area contributed by atoms with Gasteiger partial charge in [-0.05, 0) is 47.4 Å². The minimum atomic E-state index is -0.405. The van der Waals surface area contributed by atoms with Gasteiger partial charge in [0.05, 0.1) is 6.10 Å². The van der Waals surface area contributed by atoms with Crippen LogP contribution < -0.4 is 5.32 Å². The Morgan fingerprint density at radius 1 is 1.00 bits per heavy atom. The number of rotatable bonds is 6. The van der Waals surface area contributed by atoms with Gasteiger partial charge in [-0.3, -0.25) is 0 Å². The summed E-state index contributed by atoms with van der Waals surface area (Å²) in [4.78, 5) is 12.2. The average Bonchev–Trinajstić information content (AvgIpc) is 3.07. The van der Waals surface area contributed by atoms with Crippen LogP contribution in [-0.2, 0) is 4.74 Å². The monoisotopic (exact) mass is 379 g/mol. The molecule has 1 amide bonds. The number of aliphatic hydroxyl groups is 1. The van der Waals surface area contributed by atoms with E-state index in [4.69, 9.17) is 4.74 Å². The topological polar surface area (TPSA) is 58.6 Å². The number of amides is 1. The van der Waals surface area contributed by atoms with Crippen molar-refractivity contribution in [3.63, 3.8) is 0 Å². The summed E-state index contributed by atoms with van der Waals surface area (Å²) >= 11 is 0. The molecule has 2 N–H and O–H groups in total. The Morgan fingerprint density at radius 2 is 1.61 bits per heavy atom. The Bertz CT molecular complexity index is 768. The number of carbonyl (C=O) groups is 1. The maximum absolute atomic E-state index is 12.2. The standard InChI is InChI=1S/C24H29NO3/c26-23(17-8-2-1-3-9-17)14-15-25-24(27)28-16-22-20-12-6-4-10-18(20)19-11-5-7-13-21(19)22/h4-7,10-13,17,22-23,26H,1-3,8-9,14-16H2,(H,25,27). The van der Waals surface area contributed by atoms with Gasteiger partial charge in [0.25, 0.3) is 0 Å². The maximum atomic E-state index is 12.2. The van der Waals surface area contributed by atoms with Gasteiger partial charge in [0.15, 0.2) is 0 Å². The van der Waals surface area contributed by atoms with Gasteiger partial charge in [-0.25, -0.2) is 4.79 Å². The van der Waals surface area contributed by atoms with Crippen molar-refractivity contribution in [2.45, 2.75) is 50.5 Å². The van der Waals surface area contributed by atoms with E-state index >= 15 is 0 Å². The van der Waals surface area contributed by atoms with Crippen molar-refractivity contribution < 1.29 is 14.6 Å². The zero-order valence-corrected chi connectivity index (χ0v) is 16.3. The zero-order chi connectivity index (χ0) is 19.3. The van der Waals surface area contributed by atoms with E-state index in [1.807, 2.05) is 24.3 Å². The van der Waals surface area contributed by atoms with Gasteiger partial charge in [-0.15, -0.1) is 0 Å². The first-order valence-corrected chi connectivity index (χ1v) is 10.5. The fourth-order valence-electron chi connectivity index (χ4n) is 4.73. The minimum absolute atomic E-state index is 0.0750. The first-order chi connectivity index (χ1) is 13.7. The first-order valence-electron chi connectivity index (χ1n) is 10.5. The summed E-state index contributed by atoms with van der Waals surface area (Å²) < 4.78 is 5.54. The Labute approximate surface area is 166 Å². The number of fused-ring (bicyclic) bond motifs is 3. The fourth-order valence-corrected chi connectivity index (χ4v) is 4.73. The van der Waals surface area contributed by atoms with Crippen LogP contribution in [0.25, 0.3) is 11.1 Å². The third kappa shape index (κ3) is 4.07. The van der Waals surface area contributed by atoms with Crippen molar-refractivity contribution in [3.05, 3.63) is 59.7 Å². The highest BCUT2D eigenvalue weighted by molar-refractivity contribution is 5.79. The van der Waals surface area contributed by atoms with E-state index in [9.17, 15) is 9.90 Å². The summed E-state index contributed by atoms with van der Waals surface area (Å²) in [7, 11) is 0. The van der Waals surface area contributed by atoms with Gasteiger partial charge in [0, 0.05) is 12.5 Å². The highest BCUT2D eigenvalue weighted by Crippen LogP contribution is 2.44. The van der Waals surface area contributed by atoms with E-state index < -0.39 is 6.09 Å². The Morgan fingerprint density at radius 3 is 2.25 bits per heavy atom. The van der Waals surface area contributed by atoms with Gasteiger partial charge < -0.3 is 15.2 Å². The highest BCUT2D eigenvalue weighted by Gasteiger charge is 2.29. The second-order valence-corrected chi connectivity index (χ2v) is 8.01. The Kier molecular flexibility index (Phi) is 5.96. The van der Waals surface area contributed by atoms with Crippen LogP contribution >= 0.6 is 0 Å². The molecule has 2 aromatic rings. The number of benzene rings is 2. The summed E-state index contributed by atoms with van der Waals surface area (Å²) in [6, 6.07) is 16.6. The number of carbonyl (C=O) groups excluding carboxylic acids is 1. The molecular weight excluding hydrogens is 350 g/mol. The van der Waals surface area contributed by atoms with Crippen molar-refractivity contribution in [2.24, 2.45) is 5.92 Å². The molecule has 0 heterocycles. The Balaban J connectivity index is 1.28. The molecule has 0 saturated heterocycles. The number of hydrogen-bond donors (Lipinski definition) is 2. The lowest BCUT2D eigenvalue weighted by molar-refractivity contribution is 0.0762. The third-order valence-corrected chi connectivity index (χ3v) is 6.25. The fraction of sp³-hybridized carbons (Fsp3) is 0.458. The van der Waals surface area contributed by atoms with E-state index in [0.29, 0.717) is 25.5 Å². The van der Waals surface area contributed by atoms with Crippen molar-refractivity contribution in [2.75, 3.05) is 13.2 Å². The molecule has 28 heavy (non-hydrogen) atoms. The molecule has 1 unspecified atom stereocenters. The molecule has 4 nitrogen and oxygen atoms in total. The van der Waals surface area contributed by atoms with E-state index in [1.165, 1.54) is 41.5 Å². The smallest absolute Gasteiger partial charge is 0.407 e. The van der Waals surface area contributed by atoms with E-state index in [0.717, 1.165) is 12.8 Å². The van der Waals surface area contributed by atoms with Crippen LogP contribution in [0.3, 0.4) is 0 Å². The van der Waals surface area contributed by atoms with Crippen LogP contribution in [0.5, 0.6) is 0 Å². The molecule has 1 saturated carbocycles. The molecule has 4 rings (SSSR count). The van der Waals surface area contributed by atoms with Crippen LogP contribution in [0.15, 0.2) is 48.5 Å². The number of nitrogens with one attached hydrogen (secondary N) is 1. The Hall–Kier alpha value is -2.33. The number of hydrogen-bond acceptors (Lipinski definition) is 3. The largest absolute Gasteiger partial charge is 0.449 e. The molecule has 0 radical (unpaired) electrons. The molecule has 0 bridgehead atoms. The van der Waals surface area contributed by atoms with Gasteiger partial charge in [0.1, 0.15) is 6.61 Å². The molecule has 0 aliphatic heterocycles. The van der Waals surface area contributed by atoms with E-state index in [-0.39, 0.29) is 12.0 Å². The maximum Gasteiger partial charge on any atom is 0.407 e. The molecular formula is C24H29NO3. The molecule has 1 fully saturated rings. The molecule has 0 spiro atoms. The number of alkyl carbamates (subject to hydrolysis) is 1. The quantitative estimate of drug-likeness (QED) is 0.754. The summed E-state index contributed by atoms with van der Waals surface area (Å²) in [5.74, 6) is 0.462. The van der Waals surface area contributed by atoms with Crippen molar-refractivity contribution in [1.29, 1.82) is 0 Å². The summed E-state index contributed by atoms with van der Waals surface area (Å²) in [6.45, 7) is 0.777. The van der Waals surface area contributed by atoms with Gasteiger partial charge in [-0.2, -0.15) is 0 Å². The van der Waals surface area contributed by atoms with Crippen LogP contribution in [0.1, 0.15) is 55.6 Å². The molecule has 0 aromatic heterocycles. The molecule has 1 atom stereocenters. The minimum Gasteiger partial charge on any atom is -0.449 e. The molecule has 2 aliphatic carbocycles. The van der Waals surface area contributed by atoms with Crippen molar-refractivity contribution in [3.8, 4) is 11.1 Å². The lowest BCUT2D eigenvalue weighted by atomic mass is 9.84. The predicted octanol–water partition coefficient (Wildman–Crippen LogP) is 4.86. The normalized spacial score (nSPS) is 17.6. The average molecular weight is 380 g/mol. The lowest BCUT2D eigenvalue weighted by Gasteiger charge is -2.26. The van der Waals surface area contributed by atoms with Gasteiger partial charge in [-0.1, -0.05) is 67.8 Å². The molecule has 148 valence electrons. The number of aliphatic hydroxyl groups excluding tert-OH is 1. The SMILES string of the molecule is O=C(NCCC(O)C1CCCCC1)OCC1c2ccccc2-c2ccccc21. The second kappa shape index (κ2) is 8.78. The summed E-state index contributed by atoms with van der Waals surface area (Å²) in [5, 5.41) is 13.1. The van der Waals surface area contributed by atoms with E-state index in [1.54, 1.807) is 0 Å². The van der Waals surface area contributed by atoms with Crippen LogP contribution in [0.2, 0.25) is 0 Å². The predicted molar refractivity (Wildman–Crippen MR) is 110 cm³/mol. The zero-order valence-electron chi connectivity index (χ0n) is 16.3. The van der Waals surface area contributed by atoms with Crippen molar-refractivity contribution >= 4 is 6.09 Å². The second-order valence-electron chi connectivity index (χ2n) is 8.01. The third-order valence-electron chi connectivity index (χ3n) is 6.25. The van der Waals surface area contributed by atoms with E-state index in [2.05, 4.69) is 29.6 Å². The molecule has 2 aromatic carbocycles. The highest BCUT2D eigenvalue weighted by atomic mass is 16.5. The van der Waals surface area contributed by atoms with Crippen LogP contribution in [-0.4, -0.2) is 30.5 Å². The first kappa shape index (κ1) is 19.0. The van der Waals surface area contributed by atoms with Crippen LogP contribution in [0, 0.1) is 5.92 Å². The molecule has 4 heteroatoms. The molecule has 2 aliphatic rings. The summed E-state index contributed by atoms with van der Waals surface area (Å²) in [5.41, 5.74) is 4.87. The lowest BCUT2D eigenvalue weighted by Crippen LogP contribution is -2.31. The van der Waals surface area contributed by atoms with Gasteiger partial charge in [0.2, 0.25) is 0 Å². The van der Waals surface area contributed by atoms with Crippen LogP contribution in [0.4, 0.5) is 4.79 Å². The number of ether oxygens (including phenoxy) is 1. The summed E-state index contributed by atoms with van der Waals surface area (Å²) in [6.07, 6.45) is 5.77.